The van der Waals surface area contributed by atoms with Crippen LogP contribution in [0.4, 0.5) is 17.1 Å². The molecule has 0 bridgehead atoms. The highest BCUT2D eigenvalue weighted by molar-refractivity contribution is 6.09. The van der Waals surface area contributed by atoms with E-state index < -0.39 is 0 Å². The molecule has 0 aromatic heterocycles. The van der Waals surface area contributed by atoms with E-state index in [1.165, 1.54) is 105 Å². The van der Waals surface area contributed by atoms with E-state index in [2.05, 4.69) is 223 Å². The summed E-state index contributed by atoms with van der Waals surface area (Å²) in [6.07, 6.45) is 0. The van der Waals surface area contributed by atoms with Crippen LogP contribution >= 0.6 is 0 Å². The minimum atomic E-state index is -0.123. The van der Waals surface area contributed by atoms with Gasteiger partial charge < -0.3 is 4.90 Å². The number of hydrogen-bond donors (Lipinski definition) is 0. The van der Waals surface area contributed by atoms with Crippen molar-refractivity contribution >= 4 is 49.4 Å². The quantitative estimate of drug-likeness (QED) is 0.173. The van der Waals surface area contributed by atoms with E-state index in [9.17, 15) is 0 Å². The van der Waals surface area contributed by atoms with Gasteiger partial charge in [-0.25, -0.2) is 0 Å². The Kier molecular flexibility index (Phi) is 7.58. The van der Waals surface area contributed by atoms with Crippen molar-refractivity contribution in [3.8, 4) is 33.4 Å². The van der Waals surface area contributed by atoms with E-state index >= 15 is 0 Å². The van der Waals surface area contributed by atoms with Crippen LogP contribution in [0.25, 0.3) is 65.7 Å². The molecule has 286 valence electrons. The average Bonchev–Trinajstić information content (AvgIpc) is 3.60. The molecule has 9 aromatic carbocycles. The normalized spacial score (nSPS) is 14.6. The van der Waals surface area contributed by atoms with E-state index in [1.807, 2.05) is 0 Å². The van der Waals surface area contributed by atoms with E-state index in [4.69, 9.17) is 0 Å². The van der Waals surface area contributed by atoms with E-state index in [0.717, 1.165) is 5.69 Å². The summed E-state index contributed by atoms with van der Waals surface area (Å²) >= 11 is 0. The lowest BCUT2D eigenvalue weighted by molar-refractivity contribution is 0.596. The molecule has 0 aliphatic heterocycles. The van der Waals surface area contributed by atoms with Gasteiger partial charge in [0.2, 0.25) is 0 Å². The molecule has 0 fully saturated rings. The smallest absolute Gasteiger partial charge is 0.0546 e. The molecule has 0 saturated carbocycles. The Hall–Kier alpha value is -6.44. The SMILES string of the molecule is CC(C)(C)c1ccc(N(c2ccc3c(c2)-c2cc4ccccc4cc2C3(C)C)c2ccc3ccccc3c2-c2ccc3c(c2)C(C)(C)c2ccccc2-3)c2ccccc12. The van der Waals surface area contributed by atoms with Crippen molar-refractivity contribution in [2.45, 2.75) is 64.7 Å². The summed E-state index contributed by atoms with van der Waals surface area (Å²) in [7, 11) is 0. The lowest BCUT2D eigenvalue weighted by Crippen LogP contribution is -2.17. The maximum atomic E-state index is 2.57. The molecular weight excluding hydrogens is 711 g/mol. The van der Waals surface area contributed by atoms with Crippen LogP contribution in [0.5, 0.6) is 0 Å². The Morgan fingerprint density at radius 3 is 1.73 bits per heavy atom. The van der Waals surface area contributed by atoms with Gasteiger partial charge in [-0.1, -0.05) is 176 Å². The number of rotatable bonds is 4. The summed E-state index contributed by atoms with van der Waals surface area (Å²) in [5.41, 5.74) is 17.9. The Labute approximate surface area is 348 Å². The van der Waals surface area contributed by atoms with Crippen LogP contribution in [0.2, 0.25) is 0 Å². The van der Waals surface area contributed by atoms with Gasteiger partial charge in [-0.15, -0.1) is 0 Å². The van der Waals surface area contributed by atoms with Crippen molar-refractivity contribution in [3.05, 3.63) is 198 Å². The zero-order chi connectivity index (χ0) is 40.4. The molecule has 2 aliphatic rings. The molecule has 0 spiro atoms. The highest BCUT2D eigenvalue weighted by Crippen LogP contribution is 2.55. The van der Waals surface area contributed by atoms with Crippen LogP contribution in [0.1, 0.15) is 76.3 Å². The summed E-state index contributed by atoms with van der Waals surface area (Å²) < 4.78 is 0. The van der Waals surface area contributed by atoms with Gasteiger partial charge in [-0.05, 0) is 130 Å². The highest BCUT2D eigenvalue weighted by atomic mass is 15.1. The van der Waals surface area contributed by atoms with Crippen molar-refractivity contribution < 1.29 is 0 Å². The number of nitrogens with zero attached hydrogens (tertiary/aromatic N) is 1. The number of benzene rings is 9. The topological polar surface area (TPSA) is 3.24 Å². The molecule has 0 saturated heterocycles. The molecule has 59 heavy (non-hydrogen) atoms. The molecule has 1 heteroatoms. The van der Waals surface area contributed by atoms with Gasteiger partial charge in [-0.2, -0.15) is 0 Å². The minimum Gasteiger partial charge on any atom is -0.309 e. The summed E-state index contributed by atoms with van der Waals surface area (Å²) in [4.78, 5) is 2.57. The molecule has 11 rings (SSSR count). The molecule has 0 N–H and O–H groups in total. The zero-order valence-electron chi connectivity index (χ0n) is 35.1. The maximum absolute atomic E-state index is 2.57. The van der Waals surface area contributed by atoms with Gasteiger partial charge in [-0.3, -0.25) is 0 Å². The molecule has 0 heterocycles. The number of fused-ring (bicyclic) bond motifs is 9. The fraction of sp³-hybridized carbons (Fsp3) is 0.172. The average molecular weight is 760 g/mol. The molecule has 1 nitrogen and oxygen atoms in total. The fourth-order valence-corrected chi connectivity index (χ4v) is 10.7. The van der Waals surface area contributed by atoms with Crippen molar-refractivity contribution in [2.75, 3.05) is 4.90 Å². The molecule has 9 aromatic rings. The second kappa shape index (κ2) is 12.5. The standard InChI is InChI=1S/C58H49N/c1-56(2,3)48-29-31-53(45-22-13-12-21-43(45)48)59(40-26-28-50-47(35-40)46-32-37-17-8-9-18-38(37)33-52(46)58(50,6)7)54-30-25-36-16-10-11-19-41(36)55(54)39-24-27-44-42-20-14-15-23-49(42)57(4,5)51(44)34-39/h8-35H,1-7H3. The lowest BCUT2D eigenvalue weighted by Gasteiger charge is -2.32. The van der Waals surface area contributed by atoms with Gasteiger partial charge in [0.15, 0.2) is 0 Å². The third-order valence-electron chi connectivity index (χ3n) is 13.8. The first-order valence-corrected chi connectivity index (χ1v) is 21.2. The maximum Gasteiger partial charge on any atom is 0.0546 e. The van der Waals surface area contributed by atoms with Gasteiger partial charge in [0.25, 0.3) is 0 Å². The largest absolute Gasteiger partial charge is 0.309 e. The van der Waals surface area contributed by atoms with Crippen molar-refractivity contribution in [1.29, 1.82) is 0 Å². The first-order chi connectivity index (χ1) is 28.4. The monoisotopic (exact) mass is 759 g/mol. The molecule has 2 aliphatic carbocycles. The Morgan fingerprint density at radius 2 is 0.966 bits per heavy atom. The van der Waals surface area contributed by atoms with Gasteiger partial charge in [0.1, 0.15) is 0 Å². The highest BCUT2D eigenvalue weighted by Gasteiger charge is 2.38. The molecule has 0 unspecified atom stereocenters. The van der Waals surface area contributed by atoms with E-state index in [-0.39, 0.29) is 16.2 Å². The summed E-state index contributed by atoms with van der Waals surface area (Å²) in [5.74, 6) is 0. The lowest BCUT2D eigenvalue weighted by atomic mass is 9.81. The first-order valence-electron chi connectivity index (χ1n) is 21.2. The Bertz CT molecular complexity index is 3210. The van der Waals surface area contributed by atoms with Crippen LogP contribution in [0, 0.1) is 0 Å². The third kappa shape index (κ3) is 5.23. The predicted molar refractivity (Wildman–Crippen MR) is 253 cm³/mol. The van der Waals surface area contributed by atoms with Gasteiger partial charge in [0, 0.05) is 27.5 Å². The molecule has 0 radical (unpaired) electrons. The minimum absolute atomic E-state index is 0.0164. The molecular formula is C58H49N. The molecule has 0 atom stereocenters. The Balaban J connectivity index is 1.22. The number of hydrogen-bond acceptors (Lipinski definition) is 1. The second-order valence-electron chi connectivity index (χ2n) is 19.0. The van der Waals surface area contributed by atoms with Crippen LogP contribution in [-0.2, 0) is 16.2 Å². The van der Waals surface area contributed by atoms with Crippen molar-refractivity contribution in [2.24, 2.45) is 0 Å². The third-order valence-corrected chi connectivity index (χ3v) is 13.8. The summed E-state index contributed by atoms with van der Waals surface area (Å²) in [5, 5.41) is 7.59. The van der Waals surface area contributed by atoms with Crippen molar-refractivity contribution in [1.82, 2.24) is 0 Å². The number of anilines is 3. The predicted octanol–water partition coefficient (Wildman–Crippen LogP) is 16.2. The first kappa shape index (κ1) is 35.7. The van der Waals surface area contributed by atoms with Crippen LogP contribution in [0.15, 0.2) is 170 Å². The summed E-state index contributed by atoms with van der Waals surface area (Å²) in [6, 6.07) is 64.5. The summed E-state index contributed by atoms with van der Waals surface area (Å²) in [6.45, 7) is 16.5. The second-order valence-corrected chi connectivity index (χ2v) is 19.0. The van der Waals surface area contributed by atoms with Gasteiger partial charge in [0.05, 0.1) is 11.4 Å². The van der Waals surface area contributed by atoms with Crippen LogP contribution in [-0.4, -0.2) is 0 Å². The van der Waals surface area contributed by atoms with E-state index in [1.54, 1.807) is 0 Å². The van der Waals surface area contributed by atoms with Gasteiger partial charge >= 0.3 is 0 Å². The van der Waals surface area contributed by atoms with E-state index in [0.29, 0.717) is 0 Å². The van der Waals surface area contributed by atoms with Crippen LogP contribution < -0.4 is 4.90 Å². The molecule has 0 amide bonds. The Morgan fingerprint density at radius 1 is 0.390 bits per heavy atom. The zero-order valence-corrected chi connectivity index (χ0v) is 35.1. The van der Waals surface area contributed by atoms with Crippen LogP contribution in [0.3, 0.4) is 0 Å². The van der Waals surface area contributed by atoms with Crippen molar-refractivity contribution in [3.63, 3.8) is 0 Å². The fourth-order valence-electron chi connectivity index (χ4n) is 10.7.